The molecule has 20 heavy (non-hydrogen) atoms. The summed E-state index contributed by atoms with van der Waals surface area (Å²) in [7, 11) is 0. The summed E-state index contributed by atoms with van der Waals surface area (Å²) >= 11 is 5.87. The molecule has 8 heteroatoms. The number of aromatic nitrogens is 1. The summed E-state index contributed by atoms with van der Waals surface area (Å²) < 4.78 is 5.31. The number of hydrogen-bond acceptors (Lipinski definition) is 5. The fourth-order valence-electron chi connectivity index (χ4n) is 1.44. The van der Waals surface area contributed by atoms with Gasteiger partial charge in [0.15, 0.2) is 11.5 Å². The van der Waals surface area contributed by atoms with Gasteiger partial charge >= 0.3 is 5.97 Å². The number of ether oxygens (including phenoxy) is 1. The smallest absolute Gasteiger partial charge is 0.339 e. The number of hydrogen-bond donors (Lipinski definition) is 1. The van der Waals surface area contributed by atoms with Crippen molar-refractivity contribution in [1.82, 2.24) is 4.98 Å². The molecule has 102 valence electrons. The van der Waals surface area contributed by atoms with Crippen molar-refractivity contribution in [1.29, 1.82) is 0 Å². The van der Waals surface area contributed by atoms with Crippen molar-refractivity contribution in [3.05, 3.63) is 57.4 Å². The molecule has 0 saturated heterocycles. The third kappa shape index (κ3) is 2.83. The first kappa shape index (κ1) is 13.8. The van der Waals surface area contributed by atoms with E-state index >= 15 is 0 Å². The summed E-state index contributed by atoms with van der Waals surface area (Å²) in [4.78, 5) is 24.9. The highest BCUT2D eigenvalue weighted by molar-refractivity contribution is 6.32. The fraction of sp³-hybridized carbons (Fsp3) is 0. The molecule has 0 amide bonds. The number of pyridine rings is 1. The van der Waals surface area contributed by atoms with Crippen LogP contribution in [-0.2, 0) is 0 Å². The van der Waals surface area contributed by atoms with E-state index in [1.165, 1.54) is 30.6 Å². The van der Waals surface area contributed by atoms with Crippen molar-refractivity contribution in [3.63, 3.8) is 0 Å². The molecule has 0 spiro atoms. The minimum absolute atomic E-state index is 0.0173. The number of carboxylic acids is 1. The van der Waals surface area contributed by atoms with Crippen molar-refractivity contribution in [2.24, 2.45) is 0 Å². The lowest BCUT2D eigenvalue weighted by Gasteiger charge is -2.09. The Morgan fingerprint density at radius 2 is 2.10 bits per heavy atom. The second-order valence-corrected chi connectivity index (χ2v) is 4.06. The molecule has 2 aromatic rings. The summed E-state index contributed by atoms with van der Waals surface area (Å²) in [6.45, 7) is 0. The number of non-ortho nitro benzene ring substituents is 1. The van der Waals surface area contributed by atoms with Crippen LogP contribution in [-0.4, -0.2) is 21.0 Å². The molecule has 0 aliphatic carbocycles. The molecule has 0 unspecified atom stereocenters. The minimum Gasteiger partial charge on any atom is -0.478 e. The fourth-order valence-corrected chi connectivity index (χ4v) is 1.60. The van der Waals surface area contributed by atoms with Gasteiger partial charge in [0, 0.05) is 12.3 Å². The van der Waals surface area contributed by atoms with Gasteiger partial charge in [-0.1, -0.05) is 11.6 Å². The summed E-state index contributed by atoms with van der Waals surface area (Å²) in [6, 6.07) is 4.88. The molecule has 1 aromatic carbocycles. The van der Waals surface area contributed by atoms with Crippen LogP contribution in [0.4, 0.5) is 5.69 Å². The maximum absolute atomic E-state index is 11.0. The molecule has 0 bridgehead atoms. The maximum Gasteiger partial charge on any atom is 0.339 e. The molecule has 0 radical (unpaired) electrons. The SMILES string of the molecule is O=C(O)c1ccncc1Oc1cc([N+](=O)[O-])ccc1Cl. The van der Waals surface area contributed by atoms with Crippen molar-refractivity contribution < 1.29 is 19.6 Å². The molecule has 7 nitrogen and oxygen atoms in total. The van der Waals surface area contributed by atoms with Gasteiger partial charge in [0.2, 0.25) is 0 Å². The predicted molar refractivity (Wildman–Crippen MR) is 69.4 cm³/mol. The van der Waals surface area contributed by atoms with E-state index < -0.39 is 10.9 Å². The zero-order valence-corrected chi connectivity index (χ0v) is 10.6. The molecule has 1 aromatic heterocycles. The second kappa shape index (κ2) is 5.54. The lowest BCUT2D eigenvalue weighted by molar-refractivity contribution is -0.384. The summed E-state index contributed by atoms with van der Waals surface area (Å²) in [5.41, 5.74) is -0.340. The summed E-state index contributed by atoms with van der Waals surface area (Å²) in [5, 5.41) is 19.8. The number of aromatic carboxylic acids is 1. The topological polar surface area (TPSA) is 103 Å². The molecule has 1 heterocycles. The number of nitrogens with zero attached hydrogens (tertiary/aromatic N) is 2. The van der Waals surface area contributed by atoms with Crippen LogP contribution >= 0.6 is 11.6 Å². The van der Waals surface area contributed by atoms with Gasteiger partial charge in [0.05, 0.1) is 22.2 Å². The Hall–Kier alpha value is -2.67. The highest BCUT2D eigenvalue weighted by Crippen LogP contribution is 2.33. The molecule has 0 atom stereocenters. The number of halogens is 1. The van der Waals surface area contributed by atoms with Crippen molar-refractivity contribution in [2.45, 2.75) is 0 Å². The first-order valence-corrected chi connectivity index (χ1v) is 5.66. The normalized spacial score (nSPS) is 10.1. The van der Waals surface area contributed by atoms with Gasteiger partial charge < -0.3 is 9.84 Å². The third-order valence-electron chi connectivity index (χ3n) is 2.36. The van der Waals surface area contributed by atoms with Crippen molar-refractivity contribution in [2.75, 3.05) is 0 Å². The van der Waals surface area contributed by atoms with Crippen LogP contribution in [0.2, 0.25) is 5.02 Å². The van der Waals surface area contributed by atoms with Crippen LogP contribution in [0.25, 0.3) is 0 Å². The Bertz CT molecular complexity index is 689. The Morgan fingerprint density at radius 3 is 2.75 bits per heavy atom. The Morgan fingerprint density at radius 1 is 1.35 bits per heavy atom. The van der Waals surface area contributed by atoms with Crippen LogP contribution in [0.3, 0.4) is 0 Å². The monoisotopic (exact) mass is 294 g/mol. The van der Waals surface area contributed by atoms with Crippen LogP contribution in [0.1, 0.15) is 10.4 Å². The van der Waals surface area contributed by atoms with Gasteiger partial charge in [-0.3, -0.25) is 15.1 Å². The first-order valence-electron chi connectivity index (χ1n) is 5.28. The predicted octanol–water partition coefficient (Wildman–Crippen LogP) is 3.13. The highest BCUT2D eigenvalue weighted by Gasteiger charge is 2.16. The van der Waals surface area contributed by atoms with Gasteiger partial charge in [-0.05, 0) is 12.1 Å². The van der Waals surface area contributed by atoms with Gasteiger partial charge in [0.25, 0.3) is 5.69 Å². The molecular formula is C12H7ClN2O5. The Labute approximate surface area is 117 Å². The van der Waals surface area contributed by atoms with Crippen molar-refractivity contribution >= 4 is 23.3 Å². The molecule has 0 saturated carbocycles. The number of nitro groups is 1. The highest BCUT2D eigenvalue weighted by atomic mass is 35.5. The third-order valence-corrected chi connectivity index (χ3v) is 2.67. The van der Waals surface area contributed by atoms with E-state index in [1.807, 2.05) is 0 Å². The molecule has 1 N–H and O–H groups in total. The van der Waals surface area contributed by atoms with Crippen LogP contribution in [0.5, 0.6) is 11.5 Å². The standard InChI is InChI=1S/C12H7ClN2O5/c13-9-2-1-7(15(18)19)5-10(9)20-11-6-14-4-3-8(11)12(16)17/h1-6H,(H,16,17). The summed E-state index contributed by atoms with van der Waals surface area (Å²) in [6.07, 6.45) is 2.49. The van der Waals surface area contributed by atoms with Gasteiger partial charge in [-0.2, -0.15) is 0 Å². The van der Waals surface area contributed by atoms with Crippen LogP contribution in [0, 0.1) is 10.1 Å². The largest absolute Gasteiger partial charge is 0.478 e. The average Bonchev–Trinajstić information content (AvgIpc) is 2.41. The van der Waals surface area contributed by atoms with Crippen molar-refractivity contribution in [3.8, 4) is 11.5 Å². The average molecular weight is 295 g/mol. The quantitative estimate of drug-likeness (QED) is 0.686. The minimum atomic E-state index is -1.20. The van der Waals surface area contributed by atoms with Gasteiger partial charge in [-0.15, -0.1) is 0 Å². The molecule has 0 aliphatic heterocycles. The van der Waals surface area contributed by atoms with E-state index in [2.05, 4.69) is 4.98 Å². The molecule has 2 rings (SSSR count). The van der Waals surface area contributed by atoms with E-state index in [4.69, 9.17) is 21.4 Å². The lowest BCUT2D eigenvalue weighted by atomic mass is 10.2. The molecule has 0 aliphatic rings. The number of carboxylic acid groups (broad SMARTS) is 1. The van der Waals surface area contributed by atoms with E-state index in [9.17, 15) is 14.9 Å². The zero-order chi connectivity index (χ0) is 14.7. The van der Waals surface area contributed by atoms with Gasteiger partial charge in [-0.25, -0.2) is 4.79 Å². The zero-order valence-electron chi connectivity index (χ0n) is 9.82. The van der Waals surface area contributed by atoms with E-state index in [0.717, 1.165) is 6.07 Å². The Balaban J connectivity index is 2.42. The maximum atomic E-state index is 11.0. The number of carbonyl (C=O) groups is 1. The van der Waals surface area contributed by atoms with Crippen LogP contribution in [0.15, 0.2) is 36.7 Å². The Kier molecular flexibility index (Phi) is 3.81. The molecular weight excluding hydrogens is 288 g/mol. The first-order chi connectivity index (χ1) is 9.49. The van der Waals surface area contributed by atoms with Crippen LogP contribution < -0.4 is 4.74 Å². The van der Waals surface area contributed by atoms with E-state index in [1.54, 1.807) is 0 Å². The van der Waals surface area contributed by atoms with E-state index in [0.29, 0.717) is 0 Å². The number of rotatable bonds is 4. The van der Waals surface area contributed by atoms with E-state index in [-0.39, 0.29) is 27.8 Å². The molecule has 0 fully saturated rings. The summed E-state index contributed by atoms with van der Waals surface area (Å²) in [5.74, 6) is -1.28. The lowest BCUT2D eigenvalue weighted by Crippen LogP contribution is -2.00. The van der Waals surface area contributed by atoms with Gasteiger partial charge in [0.1, 0.15) is 5.56 Å². The number of benzene rings is 1. The number of nitro benzene ring substituents is 1. The second-order valence-electron chi connectivity index (χ2n) is 3.65.